The number of piperidine rings is 1. The maximum absolute atomic E-state index is 12.2. The molecular formula is C26H40N2O7. The summed E-state index contributed by atoms with van der Waals surface area (Å²) in [5, 5.41) is 6.45. The van der Waals surface area contributed by atoms with E-state index in [-0.39, 0.29) is 30.9 Å². The van der Waals surface area contributed by atoms with Crippen molar-refractivity contribution >= 4 is 12.1 Å². The van der Waals surface area contributed by atoms with Crippen molar-refractivity contribution in [2.24, 2.45) is 0 Å². The second-order valence-corrected chi connectivity index (χ2v) is 9.94. The second-order valence-electron chi connectivity index (χ2n) is 9.94. The van der Waals surface area contributed by atoms with Crippen LogP contribution in [0.25, 0.3) is 0 Å². The predicted molar refractivity (Wildman–Crippen MR) is 130 cm³/mol. The van der Waals surface area contributed by atoms with Crippen LogP contribution in [0.5, 0.6) is 5.75 Å². The van der Waals surface area contributed by atoms with Crippen molar-refractivity contribution in [3.8, 4) is 5.75 Å². The van der Waals surface area contributed by atoms with Crippen LogP contribution >= 0.6 is 0 Å². The number of alkyl carbamates (subject to hydrolysis) is 1. The molecule has 1 aromatic rings. The molecule has 9 nitrogen and oxygen atoms in total. The van der Waals surface area contributed by atoms with Crippen LogP contribution in [0, 0.1) is 0 Å². The predicted octanol–water partition coefficient (Wildman–Crippen LogP) is 3.51. The first-order valence-electron chi connectivity index (χ1n) is 12.6. The van der Waals surface area contributed by atoms with Gasteiger partial charge in [-0.25, -0.2) is 9.59 Å². The summed E-state index contributed by atoms with van der Waals surface area (Å²) < 4.78 is 28.4. The van der Waals surface area contributed by atoms with Gasteiger partial charge in [-0.1, -0.05) is 18.2 Å². The molecular weight excluding hydrogens is 452 g/mol. The summed E-state index contributed by atoms with van der Waals surface area (Å²) in [5.41, 5.74) is 0.391. The van der Waals surface area contributed by atoms with Crippen LogP contribution in [-0.4, -0.2) is 68.8 Å². The van der Waals surface area contributed by atoms with Crippen molar-refractivity contribution in [3.63, 3.8) is 0 Å². The van der Waals surface area contributed by atoms with E-state index in [9.17, 15) is 9.59 Å². The molecule has 2 saturated heterocycles. The summed E-state index contributed by atoms with van der Waals surface area (Å²) in [6.07, 6.45) is 2.95. The summed E-state index contributed by atoms with van der Waals surface area (Å²) in [6, 6.07) is 7.59. The van der Waals surface area contributed by atoms with Crippen molar-refractivity contribution in [1.29, 1.82) is 0 Å². The fourth-order valence-corrected chi connectivity index (χ4v) is 4.32. The highest BCUT2D eigenvalue weighted by atomic mass is 16.6. The molecule has 1 amide bonds. The molecule has 2 aliphatic heterocycles. The van der Waals surface area contributed by atoms with Gasteiger partial charge in [0.15, 0.2) is 6.61 Å². The number of rotatable bonds is 9. The van der Waals surface area contributed by atoms with Gasteiger partial charge in [-0.15, -0.1) is 0 Å². The lowest BCUT2D eigenvalue weighted by atomic mass is 9.98. The van der Waals surface area contributed by atoms with Gasteiger partial charge in [-0.05, 0) is 66.0 Å². The van der Waals surface area contributed by atoms with E-state index in [2.05, 4.69) is 10.6 Å². The van der Waals surface area contributed by atoms with E-state index in [1.807, 2.05) is 45.0 Å². The standard InChI is InChI=1S/C26H40N2O7/c1-5-31-24(29)17-34-22-11-7-6-9-19(22)23-13-12-18(15-33-23)32-16-21-20(10-8-14-27-21)28-25(30)35-26(2,3)4/h6-7,9,11,18,20-21,23,27H,5,8,10,12-17H2,1-4H3,(H,28,30)/t18-,20?,21?,23-/m0/s1. The Labute approximate surface area is 208 Å². The third-order valence-electron chi connectivity index (χ3n) is 5.95. The molecule has 2 unspecified atom stereocenters. The van der Waals surface area contributed by atoms with Crippen LogP contribution in [0.4, 0.5) is 4.79 Å². The van der Waals surface area contributed by atoms with Crippen molar-refractivity contribution in [3.05, 3.63) is 29.8 Å². The third-order valence-corrected chi connectivity index (χ3v) is 5.95. The van der Waals surface area contributed by atoms with E-state index >= 15 is 0 Å². The second kappa shape index (κ2) is 13.1. The molecule has 2 aliphatic rings. The van der Waals surface area contributed by atoms with Crippen molar-refractivity contribution in [1.82, 2.24) is 10.6 Å². The number of benzene rings is 1. The van der Waals surface area contributed by atoms with Crippen molar-refractivity contribution in [2.45, 2.75) is 83.3 Å². The van der Waals surface area contributed by atoms with Gasteiger partial charge < -0.3 is 34.3 Å². The van der Waals surface area contributed by atoms with E-state index in [1.165, 1.54) is 0 Å². The van der Waals surface area contributed by atoms with Crippen LogP contribution in [0.15, 0.2) is 24.3 Å². The summed E-state index contributed by atoms with van der Waals surface area (Å²) in [7, 11) is 0. The van der Waals surface area contributed by atoms with E-state index in [1.54, 1.807) is 6.92 Å². The first-order valence-corrected chi connectivity index (χ1v) is 12.6. The first-order chi connectivity index (χ1) is 16.7. The van der Waals surface area contributed by atoms with Crippen LogP contribution < -0.4 is 15.4 Å². The molecule has 0 radical (unpaired) electrons. The highest BCUT2D eigenvalue weighted by Crippen LogP contribution is 2.34. The Morgan fingerprint density at radius 1 is 1.17 bits per heavy atom. The minimum Gasteiger partial charge on any atom is -0.482 e. The van der Waals surface area contributed by atoms with E-state index in [0.29, 0.717) is 25.6 Å². The zero-order chi connectivity index (χ0) is 25.3. The molecule has 9 heteroatoms. The average Bonchev–Trinajstić information content (AvgIpc) is 2.82. The molecule has 2 heterocycles. The van der Waals surface area contributed by atoms with E-state index in [0.717, 1.165) is 37.8 Å². The van der Waals surface area contributed by atoms with Crippen LogP contribution in [0.3, 0.4) is 0 Å². The normalized spacial score (nSPS) is 24.9. The number of hydrogen-bond donors (Lipinski definition) is 2. The Hall–Kier alpha value is -2.36. The molecule has 0 aliphatic carbocycles. The number of carbonyl (C=O) groups is 2. The average molecular weight is 493 g/mol. The quantitative estimate of drug-likeness (QED) is 0.505. The van der Waals surface area contributed by atoms with Gasteiger partial charge in [-0.3, -0.25) is 0 Å². The summed E-state index contributed by atoms with van der Waals surface area (Å²) in [4.78, 5) is 23.9. The highest BCUT2D eigenvalue weighted by Gasteiger charge is 2.31. The molecule has 3 rings (SSSR count). The lowest BCUT2D eigenvalue weighted by Crippen LogP contribution is -2.56. The molecule has 0 saturated carbocycles. The minimum absolute atomic E-state index is 0.0194. The Kier molecular flexibility index (Phi) is 10.2. The zero-order valence-electron chi connectivity index (χ0n) is 21.3. The Morgan fingerprint density at radius 3 is 2.69 bits per heavy atom. The molecule has 0 aromatic heterocycles. The number of amides is 1. The minimum atomic E-state index is -0.531. The molecule has 0 spiro atoms. The van der Waals surface area contributed by atoms with Crippen molar-refractivity contribution in [2.75, 3.05) is 33.0 Å². The highest BCUT2D eigenvalue weighted by molar-refractivity contribution is 5.71. The number of hydrogen-bond acceptors (Lipinski definition) is 8. The summed E-state index contributed by atoms with van der Waals surface area (Å²) in [6.45, 7) is 9.37. The van der Waals surface area contributed by atoms with Crippen molar-refractivity contribution < 1.29 is 33.3 Å². The van der Waals surface area contributed by atoms with Gasteiger partial charge in [0, 0.05) is 11.6 Å². The largest absolute Gasteiger partial charge is 0.482 e. The number of para-hydroxylation sites is 1. The first kappa shape index (κ1) is 27.2. The lowest BCUT2D eigenvalue weighted by molar-refractivity contribution is -0.145. The molecule has 0 bridgehead atoms. The van der Waals surface area contributed by atoms with Crippen LogP contribution in [0.2, 0.25) is 0 Å². The van der Waals surface area contributed by atoms with Gasteiger partial charge in [-0.2, -0.15) is 0 Å². The van der Waals surface area contributed by atoms with Gasteiger partial charge >= 0.3 is 12.1 Å². The lowest BCUT2D eigenvalue weighted by Gasteiger charge is -2.36. The Morgan fingerprint density at radius 2 is 1.97 bits per heavy atom. The van der Waals surface area contributed by atoms with Gasteiger partial charge in [0.2, 0.25) is 0 Å². The molecule has 2 N–H and O–H groups in total. The monoisotopic (exact) mass is 492 g/mol. The zero-order valence-corrected chi connectivity index (χ0v) is 21.3. The maximum Gasteiger partial charge on any atom is 0.407 e. The van der Waals surface area contributed by atoms with Crippen LogP contribution in [0.1, 0.15) is 65.0 Å². The molecule has 2 fully saturated rings. The van der Waals surface area contributed by atoms with Gasteiger partial charge in [0.1, 0.15) is 11.4 Å². The molecule has 196 valence electrons. The molecule has 4 atom stereocenters. The third kappa shape index (κ3) is 8.98. The smallest absolute Gasteiger partial charge is 0.407 e. The topological polar surface area (TPSA) is 104 Å². The Balaban J connectivity index is 1.46. The van der Waals surface area contributed by atoms with Gasteiger partial charge in [0.25, 0.3) is 0 Å². The Bertz CT molecular complexity index is 818. The number of nitrogens with one attached hydrogen (secondary N) is 2. The SMILES string of the molecule is CCOC(=O)COc1ccccc1[C@@H]1CC[C@H](OCC2NCCCC2NC(=O)OC(C)(C)C)CO1. The van der Waals surface area contributed by atoms with E-state index < -0.39 is 17.7 Å². The fraction of sp³-hybridized carbons (Fsp3) is 0.692. The number of carbonyl (C=O) groups excluding carboxylic acids is 2. The summed E-state index contributed by atoms with van der Waals surface area (Å²) in [5.74, 6) is 0.239. The van der Waals surface area contributed by atoms with Crippen LogP contribution in [-0.2, 0) is 23.7 Å². The van der Waals surface area contributed by atoms with Gasteiger partial charge in [0.05, 0.1) is 38.1 Å². The number of esters is 1. The van der Waals surface area contributed by atoms with E-state index in [4.69, 9.17) is 23.7 Å². The number of ether oxygens (including phenoxy) is 5. The summed E-state index contributed by atoms with van der Waals surface area (Å²) >= 11 is 0. The maximum atomic E-state index is 12.2. The molecule has 35 heavy (non-hydrogen) atoms. The fourth-order valence-electron chi connectivity index (χ4n) is 4.32. The molecule has 1 aromatic carbocycles.